The molecule has 0 spiro atoms. The Kier molecular flexibility index (Phi) is 7.49. The van der Waals surface area contributed by atoms with Gasteiger partial charge in [-0.1, -0.05) is 39.7 Å². The van der Waals surface area contributed by atoms with Gasteiger partial charge < -0.3 is 5.11 Å². The van der Waals surface area contributed by atoms with Gasteiger partial charge in [0.25, 0.3) is 0 Å². The summed E-state index contributed by atoms with van der Waals surface area (Å²) in [6, 6.07) is 3.87. The van der Waals surface area contributed by atoms with Crippen molar-refractivity contribution in [2.75, 3.05) is 0 Å². The second-order valence-electron chi connectivity index (χ2n) is 5.97. The van der Waals surface area contributed by atoms with Gasteiger partial charge in [-0.25, -0.2) is 0 Å². The van der Waals surface area contributed by atoms with Crippen molar-refractivity contribution < 1.29 is 5.11 Å². The Labute approximate surface area is 130 Å². The van der Waals surface area contributed by atoms with Gasteiger partial charge in [0.2, 0.25) is 0 Å². The summed E-state index contributed by atoms with van der Waals surface area (Å²) in [4.78, 5) is 4.71. The van der Waals surface area contributed by atoms with Crippen LogP contribution in [0.4, 0.5) is 5.69 Å². The molecule has 0 saturated heterocycles. The summed E-state index contributed by atoms with van der Waals surface area (Å²) < 4.78 is 0. The SMILES string of the molecule is CCCCCC(C)=Nc1c(O)ccc(C(CC)CC)c1C. The highest BCUT2D eigenvalue weighted by Gasteiger charge is 2.15. The van der Waals surface area contributed by atoms with Gasteiger partial charge in [0.1, 0.15) is 11.4 Å². The number of hydrogen-bond acceptors (Lipinski definition) is 2. The van der Waals surface area contributed by atoms with Crippen LogP contribution in [0.5, 0.6) is 5.75 Å². The van der Waals surface area contributed by atoms with Crippen LogP contribution in [0.1, 0.15) is 83.3 Å². The highest BCUT2D eigenvalue weighted by molar-refractivity contribution is 5.86. The lowest BCUT2D eigenvalue weighted by Gasteiger charge is -2.18. The van der Waals surface area contributed by atoms with Crippen LogP contribution in [-0.2, 0) is 0 Å². The van der Waals surface area contributed by atoms with Crippen molar-refractivity contribution in [3.8, 4) is 5.75 Å². The fourth-order valence-electron chi connectivity index (χ4n) is 2.89. The molecule has 2 heteroatoms. The molecule has 0 saturated carbocycles. The van der Waals surface area contributed by atoms with E-state index in [0.29, 0.717) is 11.7 Å². The van der Waals surface area contributed by atoms with Crippen molar-refractivity contribution >= 4 is 11.4 Å². The van der Waals surface area contributed by atoms with Crippen LogP contribution in [0, 0.1) is 6.92 Å². The number of aromatic hydroxyl groups is 1. The van der Waals surface area contributed by atoms with Gasteiger partial charge in [0, 0.05) is 5.71 Å². The van der Waals surface area contributed by atoms with E-state index in [2.05, 4.69) is 40.7 Å². The molecule has 0 amide bonds. The second kappa shape index (κ2) is 8.86. The largest absolute Gasteiger partial charge is 0.506 e. The monoisotopic (exact) mass is 289 g/mol. The summed E-state index contributed by atoms with van der Waals surface area (Å²) in [6.07, 6.45) is 6.91. The zero-order valence-electron chi connectivity index (χ0n) is 14.4. The van der Waals surface area contributed by atoms with E-state index >= 15 is 0 Å². The third-order valence-electron chi connectivity index (χ3n) is 4.32. The number of benzene rings is 1. The van der Waals surface area contributed by atoms with Gasteiger partial charge in [-0.05, 0) is 62.6 Å². The van der Waals surface area contributed by atoms with E-state index in [0.717, 1.165) is 36.2 Å². The van der Waals surface area contributed by atoms with Crippen LogP contribution in [0.25, 0.3) is 0 Å². The van der Waals surface area contributed by atoms with Crippen molar-refractivity contribution in [1.82, 2.24) is 0 Å². The highest BCUT2D eigenvalue weighted by Crippen LogP contribution is 2.37. The molecule has 0 heterocycles. The van der Waals surface area contributed by atoms with E-state index in [1.165, 1.54) is 24.8 Å². The van der Waals surface area contributed by atoms with Crippen molar-refractivity contribution in [3.63, 3.8) is 0 Å². The molecule has 0 aliphatic rings. The maximum atomic E-state index is 10.2. The van der Waals surface area contributed by atoms with Crippen LogP contribution in [0.2, 0.25) is 0 Å². The van der Waals surface area contributed by atoms with Crippen LogP contribution in [-0.4, -0.2) is 10.8 Å². The minimum Gasteiger partial charge on any atom is -0.506 e. The quantitative estimate of drug-likeness (QED) is 0.443. The lowest BCUT2D eigenvalue weighted by atomic mass is 9.89. The van der Waals surface area contributed by atoms with Crippen molar-refractivity contribution in [2.24, 2.45) is 4.99 Å². The molecule has 1 N–H and O–H groups in total. The van der Waals surface area contributed by atoms with E-state index in [1.807, 2.05) is 0 Å². The van der Waals surface area contributed by atoms with Crippen molar-refractivity contribution in [3.05, 3.63) is 23.3 Å². The van der Waals surface area contributed by atoms with Crippen LogP contribution in [0.15, 0.2) is 17.1 Å². The Morgan fingerprint density at radius 3 is 2.38 bits per heavy atom. The maximum Gasteiger partial charge on any atom is 0.141 e. The van der Waals surface area contributed by atoms with E-state index in [4.69, 9.17) is 4.99 Å². The lowest BCUT2D eigenvalue weighted by Crippen LogP contribution is -1.99. The Bertz CT molecular complexity index is 473. The second-order valence-corrected chi connectivity index (χ2v) is 5.97. The number of aliphatic imine (C=N–C) groups is 1. The summed E-state index contributed by atoms with van der Waals surface area (Å²) in [7, 11) is 0. The molecule has 0 aliphatic carbocycles. The molecular weight excluding hydrogens is 258 g/mol. The van der Waals surface area contributed by atoms with Crippen LogP contribution < -0.4 is 0 Å². The zero-order chi connectivity index (χ0) is 15.8. The van der Waals surface area contributed by atoms with E-state index in [9.17, 15) is 5.11 Å². The molecule has 0 aromatic heterocycles. The average Bonchev–Trinajstić information content (AvgIpc) is 2.47. The molecule has 1 aromatic carbocycles. The molecule has 1 rings (SSSR count). The maximum absolute atomic E-state index is 10.2. The van der Waals surface area contributed by atoms with Crippen LogP contribution >= 0.6 is 0 Å². The molecule has 1 aromatic rings. The topological polar surface area (TPSA) is 32.6 Å². The van der Waals surface area contributed by atoms with E-state index in [-0.39, 0.29) is 0 Å². The first kappa shape index (κ1) is 17.7. The van der Waals surface area contributed by atoms with E-state index < -0.39 is 0 Å². The molecular formula is C19H31NO. The Morgan fingerprint density at radius 1 is 1.14 bits per heavy atom. The van der Waals surface area contributed by atoms with Gasteiger partial charge in [-0.3, -0.25) is 4.99 Å². The predicted molar refractivity (Wildman–Crippen MR) is 93.1 cm³/mol. The number of nitrogens with zero attached hydrogens (tertiary/aromatic N) is 1. The number of phenols is 1. The highest BCUT2D eigenvalue weighted by atomic mass is 16.3. The Morgan fingerprint density at radius 2 is 1.81 bits per heavy atom. The molecule has 0 atom stereocenters. The molecule has 21 heavy (non-hydrogen) atoms. The van der Waals surface area contributed by atoms with E-state index in [1.54, 1.807) is 6.07 Å². The predicted octanol–water partition coefficient (Wildman–Crippen LogP) is 6.28. The molecule has 118 valence electrons. The average molecular weight is 289 g/mol. The van der Waals surface area contributed by atoms with Crippen LogP contribution in [0.3, 0.4) is 0 Å². The Hall–Kier alpha value is -1.31. The number of hydrogen-bond donors (Lipinski definition) is 1. The summed E-state index contributed by atoms with van der Waals surface area (Å²) in [5.74, 6) is 0.858. The summed E-state index contributed by atoms with van der Waals surface area (Å²) in [6.45, 7) is 10.8. The fourth-order valence-corrected chi connectivity index (χ4v) is 2.89. The summed E-state index contributed by atoms with van der Waals surface area (Å²) in [5.41, 5.74) is 4.35. The van der Waals surface area contributed by atoms with Gasteiger partial charge in [0.15, 0.2) is 0 Å². The van der Waals surface area contributed by atoms with Gasteiger partial charge in [-0.15, -0.1) is 0 Å². The number of rotatable bonds is 8. The van der Waals surface area contributed by atoms with Gasteiger partial charge >= 0.3 is 0 Å². The van der Waals surface area contributed by atoms with Crippen molar-refractivity contribution in [1.29, 1.82) is 0 Å². The molecule has 0 bridgehead atoms. The summed E-state index contributed by atoms with van der Waals surface area (Å²) in [5, 5.41) is 10.2. The summed E-state index contributed by atoms with van der Waals surface area (Å²) >= 11 is 0. The lowest BCUT2D eigenvalue weighted by molar-refractivity contribution is 0.475. The molecule has 0 radical (unpaired) electrons. The first-order chi connectivity index (χ1) is 10.0. The minimum absolute atomic E-state index is 0.303. The normalized spacial score (nSPS) is 12.2. The zero-order valence-corrected chi connectivity index (χ0v) is 14.4. The van der Waals surface area contributed by atoms with Gasteiger partial charge in [0.05, 0.1) is 0 Å². The molecule has 0 aliphatic heterocycles. The molecule has 2 nitrogen and oxygen atoms in total. The number of unbranched alkanes of at least 4 members (excludes halogenated alkanes) is 2. The third-order valence-corrected chi connectivity index (χ3v) is 4.32. The van der Waals surface area contributed by atoms with Gasteiger partial charge in [-0.2, -0.15) is 0 Å². The standard InChI is InChI=1S/C19H31NO/c1-6-9-10-11-14(4)20-19-15(5)17(12-13-18(19)21)16(7-2)8-3/h12-13,16,21H,6-11H2,1-5H3. The smallest absolute Gasteiger partial charge is 0.141 e. The molecule has 0 unspecified atom stereocenters. The number of phenolic OH excluding ortho intramolecular Hbond substituents is 1. The van der Waals surface area contributed by atoms with Crippen molar-refractivity contribution in [2.45, 2.75) is 79.1 Å². The third kappa shape index (κ3) is 4.87. The fraction of sp³-hybridized carbons (Fsp3) is 0.632. The molecule has 0 fully saturated rings. The Balaban J connectivity index is 3.06. The minimum atomic E-state index is 0.303. The first-order valence-electron chi connectivity index (χ1n) is 8.41. The first-order valence-corrected chi connectivity index (χ1v) is 8.41.